The highest BCUT2D eigenvalue weighted by Gasteiger charge is 2.39. The van der Waals surface area contributed by atoms with Crippen molar-refractivity contribution in [3.63, 3.8) is 0 Å². The number of carbonyl (C=O) groups is 1. The molecule has 1 aromatic carbocycles. The second-order valence-electron chi connectivity index (χ2n) is 6.90. The molecule has 126 valence electrons. The highest BCUT2D eigenvalue weighted by atomic mass is 16.5. The zero-order valence-electron chi connectivity index (χ0n) is 13.6. The number of benzene rings is 1. The number of nitrogens with zero attached hydrogens (tertiary/aromatic N) is 3. The zero-order chi connectivity index (χ0) is 16.6. The molecule has 0 spiro atoms. The quantitative estimate of drug-likeness (QED) is 0.936. The Morgan fingerprint density at radius 1 is 1.21 bits per heavy atom. The lowest BCUT2D eigenvalue weighted by Crippen LogP contribution is -2.44. The van der Waals surface area contributed by atoms with Crippen LogP contribution in [0.2, 0.25) is 0 Å². The maximum Gasteiger partial charge on any atom is 0.253 e. The molecule has 1 aliphatic carbocycles. The minimum absolute atomic E-state index is 0.0932. The highest BCUT2D eigenvalue weighted by molar-refractivity contribution is 5.94. The molecule has 1 saturated heterocycles. The minimum atomic E-state index is -0.383. The number of piperidine rings is 1. The molecule has 2 aromatic rings. The maximum atomic E-state index is 12.5. The summed E-state index contributed by atoms with van der Waals surface area (Å²) in [5.41, 5.74) is 6.61. The van der Waals surface area contributed by atoms with Crippen LogP contribution in [0.15, 0.2) is 34.9 Å². The van der Waals surface area contributed by atoms with E-state index in [9.17, 15) is 4.79 Å². The molecular formula is C18H22N4O2. The molecule has 4 rings (SSSR count). The van der Waals surface area contributed by atoms with Crippen molar-refractivity contribution in [3.8, 4) is 0 Å². The summed E-state index contributed by atoms with van der Waals surface area (Å²) in [6.45, 7) is 1.42. The van der Waals surface area contributed by atoms with E-state index in [1.165, 1.54) is 0 Å². The summed E-state index contributed by atoms with van der Waals surface area (Å²) in [5.74, 6) is 1.63. The molecular weight excluding hydrogens is 304 g/mol. The molecule has 0 atom stereocenters. The van der Waals surface area contributed by atoms with Crippen molar-refractivity contribution in [1.82, 2.24) is 15.0 Å². The van der Waals surface area contributed by atoms with Crippen LogP contribution < -0.4 is 5.73 Å². The highest BCUT2D eigenvalue weighted by Crippen LogP contribution is 2.38. The van der Waals surface area contributed by atoms with E-state index in [1.807, 2.05) is 35.2 Å². The Morgan fingerprint density at radius 2 is 1.92 bits per heavy atom. The molecule has 2 fully saturated rings. The van der Waals surface area contributed by atoms with Crippen LogP contribution in [0.4, 0.5) is 0 Å². The molecule has 1 aliphatic heterocycles. The Balaban J connectivity index is 1.39. The number of hydrogen-bond acceptors (Lipinski definition) is 5. The van der Waals surface area contributed by atoms with Crippen molar-refractivity contribution >= 4 is 5.91 Å². The first-order valence-corrected chi connectivity index (χ1v) is 8.63. The average Bonchev–Trinajstić information content (AvgIpc) is 3.10. The summed E-state index contributed by atoms with van der Waals surface area (Å²) < 4.78 is 5.46. The maximum absolute atomic E-state index is 12.5. The second kappa shape index (κ2) is 6.02. The van der Waals surface area contributed by atoms with Gasteiger partial charge in [0.2, 0.25) is 5.89 Å². The van der Waals surface area contributed by atoms with Crippen LogP contribution in [-0.4, -0.2) is 34.0 Å². The van der Waals surface area contributed by atoms with Crippen molar-refractivity contribution in [2.24, 2.45) is 5.73 Å². The Morgan fingerprint density at radius 3 is 2.54 bits per heavy atom. The van der Waals surface area contributed by atoms with Crippen LogP contribution in [0, 0.1) is 0 Å². The van der Waals surface area contributed by atoms with Gasteiger partial charge in [-0.05, 0) is 44.2 Å². The summed E-state index contributed by atoms with van der Waals surface area (Å²) in [6, 6.07) is 9.42. The van der Waals surface area contributed by atoms with Gasteiger partial charge >= 0.3 is 0 Å². The SMILES string of the molecule is NC1(c2noc(C3CCN(C(=O)c4ccccc4)CC3)n2)CCC1. The van der Waals surface area contributed by atoms with Gasteiger partial charge in [-0.1, -0.05) is 23.4 Å². The molecule has 1 saturated carbocycles. The van der Waals surface area contributed by atoms with E-state index < -0.39 is 0 Å². The van der Waals surface area contributed by atoms with Gasteiger partial charge in [0.25, 0.3) is 5.91 Å². The Hall–Kier alpha value is -2.21. The van der Waals surface area contributed by atoms with Crippen LogP contribution in [0.1, 0.15) is 60.1 Å². The van der Waals surface area contributed by atoms with Crippen molar-refractivity contribution in [1.29, 1.82) is 0 Å². The van der Waals surface area contributed by atoms with Gasteiger partial charge < -0.3 is 15.2 Å². The predicted molar refractivity (Wildman–Crippen MR) is 88.3 cm³/mol. The number of hydrogen-bond donors (Lipinski definition) is 1. The Bertz CT molecular complexity index is 716. The topological polar surface area (TPSA) is 85.2 Å². The minimum Gasteiger partial charge on any atom is -0.339 e. The Kier molecular flexibility index (Phi) is 3.84. The fraction of sp³-hybridized carbons (Fsp3) is 0.500. The second-order valence-corrected chi connectivity index (χ2v) is 6.90. The molecule has 6 heteroatoms. The summed E-state index contributed by atoms with van der Waals surface area (Å²) in [6.07, 6.45) is 4.67. The van der Waals surface area contributed by atoms with Gasteiger partial charge in [-0.3, -0.25) is 4.79 Å². The molecule has 0 radical (unpaired) electrons. The smallest absolute Gasteiger partial charge is 0.253 e. The van der Waals surface area contributed by atoms with E-state index in [2.05, 4.69) is 10.1 Å². The summed E-state index contributed by atoms with van der Waals surface area (Å²) in [4.78, 5) is 18.9. The average molecular weight is 326 g/mol. The van der Waals surface area contributed by atoms with Crippen LogP contribution in [0.5, 0.6) is 0 Å². The van der Waals surface area contributed by atoms with Gasteiger partial charge in [0, 0.05) is 24.6 Å². The fourth-order valence-corrected chi connectivity index (χ4v) is 3.48. The molecule has 2 aliphatic rings. The largest absolute Gasteiger partial charge is 0.339 e. The first-order valence-electron chi connectivity index (χ1n) is 8.63. The molecule has 2 N–H and O–H groups in total. The number of nitrogens with two attached hydrogens (primary N) is 1. The van der Waals surface area contributed by atoms with Gasteiger partial charge in [-0.2, -0.15) is 4.98 Å². The van der Waals surface area contributed by atoms with Crippen molar-refractivity contribution in [2.75, 3.05) is 13.1 Å². The van der Waals surface area contributed by atoms with Gasteiger partial charge in [0.1, 0.15) is 0 Å². The number of rotatable bonds is 3. The standard InChI is InChI=1S/C18H22N4O2/c19-18(9-4-10-18)17-20-15(24-21-17)13-7-11-22(12-8-13)16(23)14-5-2-1-3-6-14/h1-3,5-6,13H,4,7-12,19H2. The van der Waals surface area contributed by atoms with Crippen molar-refractivity contribution in [2.45, 2.75) is 43.6 Å². The van der Waals surface area contributed by atoms with Crippen LogP contribution in [0.3, 0.4) is 0 Å². The lowest BCUT2D eigenvalue weighted by molar-refractivity contribution is 0.0704. The fourth-order valence-electron chi connectivity index (χ4n) is 3.48. The van der Waals surface area contributed by atoms with Crippen molar-refractivity contribution in [3.05, 3.63) is 47.6 Å². The predicted octanol–water partition coefficient (Wildman–Crippen LogP) is 2.43. The van der Waals surface area contributed by atoms with E-state index >= 15 is 0 Å². The van der Waals surface area contributed by atoms with Crippen molar-refractivity contribution < 1.29 is 9.32 Å². The van der Waals surface area contributed by atoms with E-state index in [-0.39, 0.29) is 17.4 Å². The molecule has 24 heavy (non-hydrogen) atoms. The van der Waals surface area contributed by atoms with Gasteiger partial charge in [0.05, 0.1) is 5.54 Å². The zero-order valence-corrected chi connectivity index (χ0v) is 13.6. The summed E-state index contributed by atoms with van der Waals surface area (Å²) in [7, 11) is 0. The van der Waals surface area contributed by atoms with Crippen LogP contribution in [0.25, 0.3) is 0 Å². The lowest BCUT2D eigenvalue weighted by Gasteiger charge is -2.34. The summed E-state index contributed by atoms with van der Waals surface area (Å²) in [5, 5.41) is 4.10. The monoisotopic (exact) mass is 326 g/mol. The van der Waals surface area contributed by atoms with Gasteiger partial charge in [-0.15, -0.1) is 0 Å². The van der Waals surface area contributed by atoms with E-state index in [0.717, 1.165) is 37.7 Å². The number of carbonyl (C=O) groups excluding carboxylic acids is 1. The molecule has 2 heterocycles. The number of amides is 1. The third kappa shape index (κ3) is 2.71. The molecule has 1 amide bonds. The normalized spacial score (nSPS) is 20.6. The number of aromatic nitrogens is 2. The van der Waals surface area contributed by atoms with Crippen LogP contribution in [-0.2, 0) is 5.54 Å². The third-order valence-electron chi connectivity index (χ3n) is 5.28. The van der Waals surface area contributed by atoms with Crippen LogP contribution >= 0.6 is 0 Å². The lowest BCUT2D eigenvalue weighted by atomic mass is 9.77. The molecule has 0 bridgehead atoms. The summed E-state index contributed by atoms with van der Waals surface area (Å²) >= 11 is 0. The van der Waals surface area contributed by atoms with E-state index in [4.69, 9.17) is 10.3 Å². The third-order valence-corrected chi connectivity index (χ3v) is 5.28. The van der Waals surface area contributed by atoms with Gasteiger partial charge in [0.15, 0.2) is 5.82 Å². The van der Waals surface area contributed by atoms with E-state index in [0.29, 0.717) is 24.8 Å². The van der Waals surface area contributed by atoms with E-state index in [1.54, 1.807) is 0 Å². The first-order chi connectivity index (χ1) is 11.7. The Labute approximate surface area is 141 Å². The first kappa shape index (κ1) is 15.3. The molecule has 0 unspecified atom stereocenters. The molecule has 6 nitrogen and oxygen atoms in total. The van der Waals surface area contributed by atoms with Gasteiger partial charge in [-0.25, -0.2) is 0 Å². The molecule has 1 aromatic heterocycles. The number of likely N-dealkylation sites (tertiary alicyclic amines) is 1.